The van der Waals surface area contributed by atoms with E-state index in [4.69, 9.17) is 5.73 Å². The summed E-state index contributed by atoms with van der Waals surface area (Å²) in [4.78, 5) is 0. The molecule has 2 aromatic carbocycles. The van der Waals surface area contributed by atoms with Gasteiger partial charge in [0.1, 0.15) is 5.82 Å². The molecule has 0 aromatic heterocycles. The lowest BCUT2D eigenvalue weighted by Gasteiger charge is -2.26. The maximum absolute atomic E-state index is 14.0. The van der Waals surface area contributed by atoms with Crippen molar-refractivity contribution in [1.29, 1.82) is 0 Å². The van der Waals surface area contributed by atoms with E-state index in [-0.39, 0.29) is 12.4 Å². The Kier molecular flexibility index (Phi) is 4.76. The van der Waals surface area contributed by atoms with Crippen molar-refractivity contribution in [3.8, 4) is 0 Å². The van der Waals surface area contributed by atoms with Gasteiger partial charge in [0.15, 0.2) is 0 Å². The van der Waals surface area contributed by atoms with E-state index in [0.29, 0.717) is 5.56 Å². The van der Waals surface area contributed by atoms with E-state index in [9.17, 15) is 9.50 Å². The van der Waals surface area contributed by atoms with Gasteiger partial charge < -0.3 is 10.8 Å². The molecule has 0 amide bonds. The first-order valence-electron chi connectivity index (χ1n) is 7.16. The quantitative estimate of drug-likeness (QED) is 0.903. The Morgan fingerprint density at radius 2 is 1.67 bits per heavy atom. The number of rotatable bonds is 4. The smallest absolute Gasteiger partial charge is 0.126 e. The van der Waals surface area contributed by atoms with Gasteiger partial charge in [-0.05, 0) is 49.1 Å². The number of aliphatic hydroxyl groups excluding tert-OH is 1. The monoisotopic (exact) mass is 287 g/mol. The van der Waals surface area contributed by atoms with E-state index < -0.39 is 12.0 Å². The summed E-state index contributed by atoms with van der Waals surface area (Å²) in [5, 5.41) is 10.8. The summed E-state index contributed by atoms with van der Waals surface area (Å²) in [5.74, 6) is -0.777. The lowest BCUT2D eigenvalue weighted by atomic mass is 9.84. The number of halogens is 1. The zero-order valence-corrected chi connectivity index (χ0v) is 12.7. The molecular formula is C18H22FNO. The summed E-state index contributed by atoms with van der Waals surface area (Å²) in [6.07, 6.45) is -0.813. The second kappa shape index (κ2) is 6.37. The second-order valence-corrected chi connectivity index (χ2v) is 5.62. The van der Waals surface area contributed by atoms with Gasteiger partial charge in [-0.15, -0.1) is 0 Å². The zero-order chi connectivity index (χ0) is 15.6. The van der Waals surface area contributed by atoms with Crippen molar-refractivity contribution < 1.29 is 9.50 Å². The SMILES string of the molecule is Cc1cc(C)c(C(O)C(CN)c2ccccc2F)c(C)c1. The molecule has 21 heavy (non-hydrogen) atoms. The van der Waals surface area contributed by atoms with Gasteiger partial charge in [0.05, 0.1) is 6.10 Å². The van der Waals surface area contributed by atoms with Crippen molar-refractivity contribution >= 4 is 0 Å². The maximum atomic E-state index is 14.0. The first-order valence-corrected chi connectivity index (χ1v) is 7.16. The van der Waals surface area contributed by atoms with Crippen molar-refractivity contribution in [2.24, 2.45) is 5.73 Å². The summed E-state index contributed by atoms with van der Waals surface area (Å²) < 4.78 is 14.0. The molecule has 0 saturated carbocycles. The number of hydrogen-bond donors (Lipinski definition) is 2. The minimum atomic E-state index is -0.813. The van der Waals surface area contributed by atoms with Crippen molar-refractivity contribution in [1.82, 2.24) is 0 Å². The predicted octanol–water partition coefficient (Wildman–Crippen LogP) is 3.53. The molecule has 2 aromatic rings. The molecule has 112 valence electrons. The number of hydrogen-bond acceptors (Lipinski definition) is 2. The molecule has 2 nitrogen and oxygen atoms in total. The van der Waals surface area contributed by atoms with Gasteiger partial charge in [-0.3, -0.25) is 0 Å². The van der Waals surface area contributed by atoms with Gasteiger partial charge >= 0.3 is 0 Å². The number of aliphatic hydroxyl groups is 1. The van der Waals surface area contributed by atoms with Crippen LogP contribution in [0.2, 0.25) is 0 Å². The molecular weight excluding hydrogens is 265 g/mol. The third-order valence-electron chi connectivity index (χ3n) is 3.97. The van der Waals surface area contributed by atoms with Gasteiger partial charge in [-0.25, -0.2) is 4.39 Å². The Hall–Kier alpha value is -1.71. The standard InChI is InChI=1S/C18H22FNO/c1-11-8-12(2)17(13(3)9-11)18(21)15(10-20)14-6-4-5-7-16(14)19/h4-9,15,18,21H,10,20H2,1-3H3. The van der Waals surface area contributed by atoms with Crippen molar-refractivity contribution in [2.75, 3.05) is 6.54 Å². The lowest BCUT2D eigenvalue weighted by Crippen LogP contribution is -2.22. The lowest BCUT2D eigenvalue weighted by molar-refractivity contribution is 0.144. The van der Waals surface area contributed by atoms with E-state index in [2.05, 4.69) is 0 Å². The third-order valence-corrected chi connectivity index (χ3v) is 3.97. The summed E-state index contributed by atoms with van der Waals surface area (Å²) in [5.41, 5.74) is 10.3. The Balaban J connectivity index is 2.47. The molecule has 3 N–H and O–H groups in total. The van der Waals surface area contributed by atoms with Gasteiger partial charge in [0, 0.05) is 12.5 Å². The highest BCUT2D eigenvalue weighted by atomic mass is 19.1. The minimum Gasteiger partial charge on any atom is -0.388 e. The van der Waals surface area contributed by atoms with Crippen LogP contribution in [0.15, 0.2) is 36.4 Å². The molecule has 0 radical (unpaired) electrons. The van der Waals surface area contributed by atoms with Crippen LogP contribution in [-0.4, -0.2) is 11.7 Å². The zero-order valence-electron chi connectivity index (χ0n) is 12.7. The first kappa shape index (κ1) is 15.7. The Morgan fingerprint density at radius 1 is 1.10 bits per heavy atom. The summed E-state index contributed by atoms with van der Waals surface area (Å²) >= 11 is 0. The van der Waals surface area contributed by atoms with Crippen LogP contribution in [-0.2, 0) is 0 Å². The van der Waals surface area contributed by atoms with Gasteiger partial charge in [0.2, 0.25) is 0 Å². The first-order chi connectivity index (χ1) is 9.95. The fourth-order valence-electron chi connectivity index (χ4n) is 3.06. The molecule has 2 rings (SSSR count). The molecule has 0 aliphatic carbocycles. The molecule has 2 atom stereocenters. The van der Waals surface area contributed by atoms with E-state index in [1.807, 2.05) is 32.9 Å². The Morgan fingerprint density at radius 3 is 2.19 bits per heavy atom. The van der Waals surface area contributed by atoms with Crippen LogP contribution in [0.25, 0.3) is 0 Å². The second-order valence-electron chi connectivity index (χ2n) is 5.62. The normalized spacial score (nSPS) is 14.0. The molecule has 0 aliphatic heterocycles. The van der Waals surface area contributed by atoms with Crippen molar-refractivity contribution in [3.05, 3.63) is 70.0 Å². The van der Waals surface area contributed by atoms with E-state index in [1.54, 1.807) is 18.2 Å². The molecule has 0 saturated heterocycles. The van der Waals surface area contributed by atoms with E-state index >= 15 is 0 Å². The highest BCUT2D eigenvalue weighted by Gasteiger charge is 2.26. The van der Waals surface area contributed by atoms with Gasteiger partial charge in [0.25, 0.3) is 0 Å². The molecule has 0 fully saturated rings. The molecule has 0 aliphatic rings. The number of nitrogens with two attached hydrogens (primary N) is 1. The molecule has 2 unspecified atom stereocenters. The average Bonchev–Trinajstić information content (AvgIpc) is 2.40. The Labute approximate surface area is 125 Å². The third kappa shape index (κ3) is 3.14. The van der Waals surface area contributed by atoms with Crippen LogP contribution in [0.3, 0.4) is 0 Å². The highest BCUT2D eigenvalue weighted by molar-refractivity contribution is 5.41. The minimum absolute atomic E-state index is 0.189. The van der Waals surface area contributed by atoms with Crippen LogP contribution >= 0.6 is 0 Å². The summed E-state index contributed by atoms with van der Waals surface area (Å²) in [7, 11) is 0. The number of benzene rings is 2. The van der Waals surface area contributed by atoms with Crippen molar-refractivity contribution in [2.45, 2.75) is 32.8 Å². The molecule has 0 heterocycles. The predicted molar refractivity (Wildman–Crippen MR) is 83.8 cm³/mol. The van der Waals surface area contributed by atoms with Crippen molar-refractivity contribution in [3.63, 3.8) is 0 Å². The topological polar surface area (TPSA) is 46.2 Å². The highest BCUT2D eigenvalue weighted by Crippen LogP contribution is 2.35. The largest absolute Gasteiger partial charge is 0.388 e. The van der Waals surface area contributed by atoms with Crippen LogP contribution < -0.4 is 5.73 Å². The fourth-order valence-corrected chi connectivity index (χ4v) is 3.06. The van der Waals surface area contributed by atoms with Gasteiger partial charge in [-0.1, -0.05) is 35.9 Å². The summed E-state index contributed by atoms with van der Waals surface area (Å²) in [6.45, 7) is 6.14. The molecule has 0 bridgehead atoms. The average molecular weight is 287 g/mol. The van der Waals surface area contributed by atoms with E-state index in [1.165, 1.54) is 6.07 Å². The van der Waals surface area contributed by atoms with Crippen LogP contribution in [0.1, 0.15) is 39.8 Å². The molecule has 0 spiro atoms. The number of aryl methyl sites for hydroxylation is 3. The maximum Gasteiger partial charge on any atom is 0.126 e. The van der Waals surface area contributed by atoms with Gasteiger partial charge in [-0.2, -0.15) is 0 Å². The fraction of sp³-hybridized carbons (Fsp3) is 0.333. The van der Waals surface area contributed by atoms with E-state index in [0.717, 1.165) is 22.3 Å². The van der Waals surface area contributed by atoms with Crippen LogP contribution in [0.5, 0.6) is 0 Å². The van der Waals surface area contributed by atoms with Crippen LogP contribution in [0, 0.1) is 26.6 Å². The summed E-state index contributed by atoms with van der Waals surface area (Å²) in [6, 6.07) is 10.6. The Bertz CT molecular complexity index is 616. The molecule has 3 heteroatoms. The van der Waals surface area contributed by atoms with Crippen LogP contribution in [0.4, 0.5) is 4.39 Å².